The van der Waals surface area contributed by atoms with Gasteiger partial charge in [-0.05, 0) is 35.7 Å². The third-order valence-electron chi connectivity index (χ3n) is 4.17. The number of β-amino-alcohol motifs (C(OH)–C–C–N with tert-alkyl or cyclic N) is 1. The molecule has 2 N–H and O–H groups in total. The smallest absolute Gasteiger partial charge is 0.234 e. The topological polar surface area (TPSA) is 65.5 Å². The molecule has 6 heteroatoms. The van der Waals surface area contributed by atoms with Crippen molar-refractivity contribution in [3.8, 4) is 0 Å². The van der Waals surface area contributed by atoms with Crippen LogP contribution in [0.2, 0.25) is 0 Å². The molecule has 0 bridgehead atoms. The highest BCUT2D eigenvalue weighted by Gasteiger charge is 2.33. The Morgan fingerprint density at radius 2 is 2.25 bits per heavy atom. The molecule has 24 heavy (non-hydrogen) atoms. The molecule has 2 heterocycles. The number of hydrogen-bond donors (Lipinski definition) is 2. The fraction of sp³-hybridized carbons (Fsp3) is 0.333. The average molecular weight is 329 g/mol. The molecule has 3 rings (SSSR count). The van der Waals surface area contributed by atoms with E-state index in [0.717, 1.165) is 11.1 Å². The third kappa shape index (κ3) is 4.15. The lowest BCUT2D eigenvalue weighted by atomic mass is 10.0. The predicted octanol–water partition coefficient (Wildman–Crippen LogP) is 1.64. The summed E-state index contributed by atoms with van der Waals surface area (Å²) in [5.74, 6) is -0.441. The summed E-state index contributed by atoms with van der Waals surface area (Å²) in [5, 5.41) is 12.8. The molecule has 1 aliphatic rings. The van der Waals surface area contributed by atoms with Crippen LogP contribution in [0.25, 0.3) is 0 Å². The summed E-state index contributed by atoms with van der Waals surface area (Å²) in [6.45, 7) is 0.980. The summed E-state index contributed by atoms with van der Waals surface area (Å²) in [7, 11) is 0. The quantitative estimate of drug-likeness (QED) is 0.875. The second-order valence-corrected chi connectivity index (χ2v) is 6.03. The number of aliphatic hydroxyl groups is 1. The van der Waals surface area contributed by atoms with Crippen LogP contribution in [0.1, 0.15) is 23.6 Å². The lowest BCUT2D eigenvalue weighted by molar-refractivity contribution is -0.122. The normalized spacial score (nSPS) is 20.9. The molecule has 0 unspecified atom stereocenters. The van der Waals surface area contributed by atoms with Gasteiger partial charge >= 0.3 is 0 Å². The summed E-state index contributed by atoms with van der Waals surface area (Å²) >= 11 is 0. The van der Waals surface area contributed by atoms with Gasteiger partial charge in [-0.25, -0.2) is 4.39 Å². The van der Waals surface area contributed by atoms with E-state index in [4.69, 9.17) is 0 Å². The maximum absolute atomic E-state index is 13.4. The standard InChI is InChI=1S/C18H20FN3O2/c19-15-5-1-4-14(7-15)17-8-16(23)11-22(17)12-18(24)21-10-13-3-2-6-20-9-13/h1-7,9,16-17,23H,8,10-12H2,(H,21,24)/t16-,17+/m1/s1. The Kier molecular flexibility index (Phi) is 5.17. The van der Waals surface area contributed by atoms with Crippen molar-refractivity contribution >= 4 is 5.91 Å². The molecule has 2 atom stereocenters. The molecule has 1 fully saturated rings. The van der Waals surface area contributed by atoms with Gasteiger partial charge in [-0.2, -0.15) is 0 Å². The van der Waals surface area contributed by atoms with Gasteiger partial charge < -0.3 is 10.4 Å². The summed E-state index contributed by atoms with van der Waals surface area (Å²) in [5.41, 5.74) is 1.71. The first kappa shape index (κ1) is 16.5. The van der Waals surface area contributed by atoms with E-state index in [1.54, 1.807) is 18.5 Å². The molecule has 1 amide bonds. The Morgan fingerprint density at radius 1 is 1.38 bits per heavy atom. The maximum Gasteiger partial charge on any atom is 0.234 e. The molecule has 0 saturated carbocycles. The van der Waals surface area contributed by atoms with Crippen molar-refractivity contribution in [1.82, 2.24) is 15.2 Å². The van der Waals surface area contributed by atoms with Crippen molar-refractivity contribution in [2.45, 2.75) is 25.1 Å². The number of nitrogens with one attached hydrogen (secondary N) is 1. The second kappa shape index (κ2) is 7.51. The molecule has 5 nitrogen and oxygen atoms in total. The molecule has 0 radical (unpaired) electrons. The Bertz CT molecular complexity index is 696. The van der Waals surface area contributed by atoms with Gasteiger partial charge in [-0.15, -0.1) is 0 Å². The number of halogens is 1. The van der Waals surface area contributed by atoms with Gasteiger partial charge in [0.15, 0.2) is 0 Å². The first-order valence-electron chi connectivity index (χ1n) is 7.95. The number of aromatic nitrogens is 1. The summed E-state index contributed by atoms with van der Waals surface area (Å²) in [6, 6.07) is 9.88. The highest BCUT2D eigenvalue weighted by molar-refractivity contribution is 5.78. The number of nitrogens with zero attached hydrogens (tertiary/aromatic N) is 2. The minimum absolute atomic E-state index is 0.130. The zero-order valence-electron chi connectivity index (χ0n) is 13.2. The Balaban J connectivity index is 1.61. The molecular formula is C18H20FN3O2. The van der Waals surface area contributed by atoms with Crippen LogP contribution in [-0.2, 0) is 11.3 Å². The van der Waals surface area contributed by atoms with Crippen molar-refractivity contribution in [3.05, 3.63) is 65.7 Å². The molecule has 1 aliphatic heterocycles. The monoisotopic (exact) mass is 329 g/mol. The molecule has 2 aromatic rings. The SMILES string of the molecule is O=C(CN1C[C@H](O)C[C@H]1c1cccc(F)c1)NCc1cccnc1. The van der Waals surface area contributed by atoms with Crippen molar-refractivity contribution < 1.29 is 14.3 Å². The number of rotatable bonds is 5. The number of benzene rings is 1. The minimum atomic E-state index is -0.510. The molecule has 1 saturated heterocycles. The second-order valence-electron chi connectivity index (χ2n) is 6.03. The number of hydrogen-bond acceptors (Lipinski definition) is 4. The van der Waals surface area contributed by atoms with E-state index in [9.17, 15) is 14.3 Å². The van der Waals surface area contributed by atoms with Crippen molar-refractivity contribution in [2.24, 2.45) is 0 Å². The molecule has 0 aliphatic carbocycles. The van der Waals surface area contributed by atoms with Gasteiger partial charge in [0.2, 0.25) is 5.91 Å². The van der Waals surface area contributed by atoms with E-state index in [2.05, 4.69) is 10.3 Å². The molecule has 1 aromatic heterocycles. The zero-order chi connectivity index (χ0) is 16.9. The zero-order valence-corrected chi connectivity index (χ0v) is 13.2. The number of pyridine rings is 1. The van der Waals surface area contributed by atoms with Crippen molar-refractivity contribution in [3.63, 3.8) is 0 Å². The van der Waals surface area contributed by atoms with E-state index in [1.165, 1.54) is 12.1 Å². The molecule has 0 spiro atoms. The fourth-order valence-corrected chi connectivity index (χ4v) is 3.06. The number of amides is 1. The van der Waals surface area contributed by atoms with Crippen LogP contribution < -0.4 is 5.32 Å². The van der Waals surface area contributed by atoms with E-state index >= 15 is 0 Å². The van der Waals surface area contributed by atoms with Gasteiger partial charge in [-0.1, -0.05) is 18.2 Å². The van der Waals surface area contributed by atoms with Crippen LogP contribution in [0.3, 0.4) is 0 Å². The van der Waals surface area contributed by atoms with Crippen LogP contribution in [0.15, 0.2) is 48.8 Å². The highest BCUT2D eigenvalue weighted by atomic mass is 19.1. The summed E-state index contributed by atoms with van der Waals surface area (Å²) in [6.07, 6.45) is 3.37. The Hall–Kier alpha value is -2.31. The predicted molar refractivity (Wildman–Crippen MR) is 87.4 cm³/mol. The Morgan fingerprint density at radius 3 is 3.00 bits per heavy atom. The summed E-state index contributed by atoms with van der Waals surface area (Å²) < 4.78 is 13.4. The van der Waals surface area contributed by atoms with Crippen LogP contribution in [0.5, 0.6) is 0 Å². The van der Waals surface area contributed by atoms with Gasteiger partial charge in [0, 0.05) is 31.5 Å². The van der Waals surface area contributed by atoms with Crippen LogP contribution in [-0.4, -0.2) is 40.1 Å². The van der Waals surface area contributed by atoms with Crippen LogP contribution in [0.4, 0.5) is 4.39 Å². The van der Waals surface area contributed by atoms with E-state index in [1.807, 2.05) is 23.1 Å². The van der Waals surface area contributed by atoms with E-state index in [0.29, 0.717) is 19.5 Å². The van der Waals surface area contributed by atoms with Crippen LogP contribution >= 0.6 is 0 Å². The van der Waals surface area contributed by atoms with Crippen LogP contribution in [0, 0.1) is 5.82 Å². The lowest BCUT2D eigenvalue weighted by Gasteiger charge is -2.23. The van der Waals surface area contributed by atoms with Crippen molar-refractivity contribution in [1.29, 1.82) is 0 Å². The fourth-order valence-electron chi connectivity index (χ4n) is 3.06. The van der Waals surface area contributed by atoms with Gasteiger partial charge in [0.25, 0.3) is 0 Å². The summed E-state index contributed by atoms with van der Waals surface area (Å²) in [4.78, 5) is 18.1. The molecular weight excluding hydrogens is 309 g/mol. The molecule has 126 valence electrons. The van der Waals surface area contributed by atoms with E-state index < -0.39 is 6.10 Å². The lowest BCUT2D eigenvalue weighted by Crippen LogP contribution is -2.37. The number of aliphatic hydroxyl groups excluding tert-OH is 1. The van der Waals surface area contributed by atoms with Gasteiger partial charge in [0.1, 0.15) is 5.82 Å². The van der Waals surface area contributed by atoms with Gasteiger partial charge in [0.05, 0.1) is 12.6 Å². The minimum Gasteiger partial charge on any atom is -0.392 e. The first-order valence-corrected chi connectivity index (χ1v) is 7.95. The highest BCUT2D eigenvalue weighted by Crippen LogP contribution is 2.32. The molecule has 1 aromatic carbocycles. The van der Waals surface area contributed by atoms with Gasteiger partial charge in [-0.3, -0.25) is 14.7 Å². The van der Waals surface area contributed by atoms with E-state index in [-0.39, 0.29) is 24.3 Å². The first-order chi connectivity index (χ1) is 11.6. The number of carbonyl (C=O) groups excluding carboxylic acids is 1. The average Bonchev–Trinajstić information content (AvgIpc) is 2.94. The number of carbonyl (C=O) groups is 1. The van der Waals surface area contributed by atoms with Crippen molar-refractivity contribution in [2.75, 3.05) is 13.1 Å². The maximum atomic E-state index is 13.4. The third-order valence-corrected chi connectivity index (χ3v) is 4.17. The number of likely N-dealkylation sites (tertiary alicyclic amines) is 1. The largest absolute Gasteiger partial charge is 0.392 e. The Labute approximate surface area is 140 Å².